The highest BCUT2D eigenvalue weighted by Gasteiger charge is 2.28. The number of nitrogens with two attached hydrogens (primary N) is 1. The quantitative estimate of drug-likeness (QED) is 0.634. The van der Waals surface area contributed by atoms with Crippen molar-refractivity contribution >= 4 is 5.78 Å². The lowest BCUT2D eigenvalue weighted by Gasteiger charge is -2.25. The third-order valence-corrected chi connectivity index (χ3v) is 2.45. The molecule has 0 aromatic heterocycles. The largest absolute Gasteiger partial charge is 0.330 e. The van der Waals surface area contributed by atoms with Crippen LogP contribution in [0, 0.1) is 5.41 Å². The van der Waals surface area contributed by atoms with E-state index in [-0.39, 0.29) is 11.5 Å². The second-order valence-electron chi connectivity index (χ2n) is 5.01. The Morgan fingerprint density at radius 2 is 1.93 bits per heavy atom. The maximum Gasteiger partial charge on any atom is 0.155 e. The van der Waals surface area contributed by atoms with E-state index >= 15 is 0 Å². The molecule has 0 saturated carbocycles. The molecule has 3 heteroatoms. The fraction of sp³-hybridized carbons (Fsp3) is 0.917. The van der Waals surface area contributed by atoms with Crippen molar-refractivity contribution in [2.45, 2.75) is 53.0 Å². The molecule has 0 aliphatic carbocycles. The molecule has 0 bridgehead atoms. The highest BCUT2D eigenvalue weighted by molar-refractivity contribution is 5.88. The van der Waals surface area contributed by atoms with Gasteiger partial charge in [0.15, 0.2) is 5.78 Å². The van der Waals surface area contributed by atoms with Crippen LogP contribution in [-0.4, -0.2) is 24.9 Å². The van der Waals surface area contributed by atoms with E-state index in [1.54, 1.807) is 0 Å². The molecule has 0 aromatic rings. The molecule has 0 amide bonds. The monoisotopic (exact) mass is 214 g/mol. The van der Waals surface area contributed by atoms with Crippen LogP contribution < -0.4 is 11.1 Å². The first kappa shape index (κ1) is 14.6. The fourth-order valence-corrected chi connectivity index (χ4v) is 1.59. The Labute approximate surface area is 93.8 Å². The first-order chi connectivity index (χ1) is 6.93. The molecule has 0 fully saturated rings. The lowest BCUT2D eigenvalue weighted by atomic mass is 9.84. The lowest BCUT2D eigenvalue weighted by Crippen LogP contribution is -2.42. The molecular weight excluding hydrogens is 188 g/mol. The van der Waals surface area contributed by atoms with Crippen molar-refractivity contribution in [2.24, 2.45) is 11.1 Å². The molecular formula is C12H26N2O. The molecule has 90 valence electrons. The first-order valence-electron chi connectivity index (χ1n) is 5.91. The number of likely N-dealkylation sites (N-methyl/N-ethyl adjacent to an activating group) is 1. The van der Waals surface area contributed by atoms with Crippen molar-refractivity contribution in [3.63, 3.8) is 0 Å². The van der Waals surface area contributed by atoms with Crippen molar-refractivity contribution < 1.29 is 4.79 Å². The summed E-state index contributed by atoms with van der Waals surface area (Å²) in [5, 5.41) is 3.26. The van der Waals surface area contributed by atoms with E-state index in [1.165, 1.54) is 0 Å². The second-order valence-corrected chi connectivity index (χ2v) is 5.01. The van der Waals surface area contributed by atoms with Gasteiger partial charge >= 0.3 is 0 Å². The Balaban J connectivity index is 4.19. The van der Waals surface area contributed by atoms with E-state index in [0.717, 1.165) is 25.8 Å². The van der Waals surface area contributed by atoms with Gasteiger partial charge in [-0.2, -0.15) is 0 Å². The van der Waals surface area contributed by atoms with Gasteiger partial charge in [0.2, 0.25) is 0 Å². The van der Waals surface area contributed by atoms with Crippen molar-refractivity contribution in [1.82, 2.24) is 5.32 Å². The molecule has 0 rings (SSSR count). The number of ketones is 1. The molecule has 0 aliphatic rings. The van der Waals surface area contributed by atoms with Crippen LogP contribution in [0.1, 0.15) is 47.0 Å². The SMILES string of the molecule is CCNC(CCCCN)C(=O)C(C)(C)C. The summed E-state index contributed by atoms with van der Waals surface area (Å²) in [5.41, 5.74) is 5.19. The van der Waals surface area contributed by atoms with Gasteiger partial charge in [-0.1, -0.05) is 34.1 Å². The van der Waals surface area contributed by atoms with E-state index in [2.05, 4.69) is 5.32 Å². The number of Topliss-reactive ketones (excluding diaryl/α,β-unsaturated/α-hetero) is 1. The zero-order chi connectivity index (χ0) is 11.9. The summed E-state index contributed by atoms with van der Waals surface area (Å²) in [6.07, 6.45) is 2.93. The third-order valence-electron chi connectivity index (χ3n) is 2.45. The maximum absolute atomic E-state index is 12.1. The average Bonchev–Trinajstić information content (AvgIpc) is 2.14. The summed E-state index contributed by atoms with van der Waals surface area (Å²) >= 11 is 0. The molecule has 0 radical (unpaired) electrons. The smallest absolute Gasteiger partial charge is 0.155 e. The Bertz CT molecular complexity index is 185. The van der Waals surface area contributed by atoms with Gasteiger partial charge < -0.3 is 11.1 Å². The number of unbranched alkanes of at least 4 members (excludes halogenated alkanes) is 1. The average molecular weight is 214 g/mol. The third kappa shape index (κ3) is 5.90. The van der Waals surface area contributed by atoms with Crippen LogP contribution in [0.3, 0.4) is 0 Å². The molecule has 15 heavy (non-hydrogen) atoms. The molecule has 0 spiro atoms. The van der Waals surface area contributed by atoms with Crippen LogP contribution in [0.25, 0.3) is 0 Å². The minimum Gasteiger partial charge on any atom is -0.330 e. The highest BCUT2D eigenvalue weighted by Crippen LogP contribution is 2.19. The minimum absolute atomic E-state index is 0.00144. The summed E-state index contributed by atoms with van der Waals surface area (Å²) in [6.45, 7) is 9.51. The van der Waals surface area contributed by atoms with Gasteiger partial charge in [0.1, 0.15) is 0 Å². The lowest BCUT2D eigenvalue weighted by molar-refractivity contribution is -0.128. The number of hydrogen-bond acceptors (Lipinski definition) is 3. The van der Waals surface area contributed by atoms with Gasteiger partial charge in [0, 0.05) is 5.41 Å². The van der Waals surface area contributed by atoms with Gasteiger partial charge in [-0.05, 0) is 25.9 Å². The summed E-state index contributed by atoms with van der Waals surface area (Å²) in [5.74, 6) is 0.307. The van der Waals surface area contributed by atoms with Gasteiger partial charge in [-0.25, -0.2) is 0 Å². The molecule has 1 unspecified atom stereocenters. The number of rotatable bonds is 7. The van der Waals surface area contributed by atoms with E-state index in [9.17, 15) is 4.79 Å². The van der Waals surface area contributed by atoms with Crippen LogP contribution in [0.4, 0.5) is 0 Å². The predicted octanol–water partition coefficient (Wildman–Crippen LogP) is 1.71. The van der Waals surface area contributed by atoms with Crippen LogP contribution in [0.2, 0.25) is 0 Å². The summed E-state index contributed by atoms with van der Waals surface area (Å²) < 4.78 is 0. The standard InChI is InChI=1S/C12H26N2O/c1-5-14-10(8-6-7-9-13)11(15)12(2,3)4/h10,14H,5-9,13H2,1-4H3. The van der Waals surface area contributed by atoms with E-state index in [0.29, 0.717) is 12.3 Å². The Hall–Kier alpha value is -0.410. The topological polar surface area (TPSA) is 55.1 Å². The normalized spacial score (nSPS) is 13.9. The first-order valence-corrected chi connectivity index (χ1v) is 5.91. The van der Waals surface area contributed by atoms with Gasteiger partial charge in [-0.15, -0.1) is 0 Å². The van der Waals surface area contributed by atoms with E-state index in [1.807, 2.05) is 27.7 Å². The summed E-state index contributed by atoms with van der Waals surface area (Å²) in [6, 6.07) is 0.00144. The number of carbonyl (C=O) groups excluding carboxylic acids is 1. The molecule has 1 atom stereocenters. The Kier molecular flexibility index (Phi) is 6.77. The maximum atomic E-state index is 12.1. The molecule has 0 aliphatic heterocycles. The highest BCUT2D eigenvalue weighted by atomic mass is 16.1. The number of nitrogens with one attached hydrogen (secondary N) is 1. The Morgan fingerprint density at radius 1 is 1.33 bits per heavy atom. The zero-order valence-corrected chi connectivity index (χ0v) is 10.6. The summed E-state index contributed by atoms with van der Waals surface area (Å²) in [4.78, 5) is 12.1. The van der Waals surface area contributed by atoms with Crippen molar-refractivity contribution in [3.8, 4) is 0 Å². The van der Waals surface area contributed by atoms with Crippen molar-refractivity contribution in [1.29, 1.82) is 0 Å². The number of hydrogen-bond donors (Lipinski definition) is 2. The fourth-order valence-electron chi connectivity index (χ4n) is 1.59. The van der Waals surface area contributed by atoms with E-state index < -0.39 is 0 Å². The molecule has 3 nitrogen and oxygen atoms in total. The van der Waals surface area contributed by atoms with Crippen LogP contribution >= 0.6 is 0 Å². The molecule has 3 N–H and O–H groups in total. The van der Waals surface area contributed by atoms with Gasteiger partial charge in [-0.3, -0.25) is 4.79 Å². The van der Waals surface area contributed by atoms with Crippen molar-refractivity contribution in [3.05, 3.63) is 0 Å². The predicted molar refractivity (Wildman–Crippen MR) is 64.8 cm³/mol. The van der Waals surface area contributed by atoms with Crippen molar-refractivity contribution in [2.75, 3.05) is 13.1 Å². The number of carbonyl (C=O) groups is 1. The van der Waals surface area contributed by atoms with Crippen LogP contribution in [0.15, 0.2) is 0 Å². The second kappa shape index (κ2) is 6.96. The van der Waals surface area contributed by atoms with Crippen LogP contribution in [-0.2, 0) is 4.79 Å². The molecule has 0 heterocycles. The summed E-state index contributed by atoms with van der Waals surface area (Å²) in [7, 11) is 0. The molecule has 0 aromatic carbocycles. The van der Waals surface area contributed by atoms with Gasteiger partial charge in [0.05, 0.1) is 6.04 Å². The van der Waals surface area contributed by atoms with Gasteiger partial charge in [0.25, 0.3) is 0 Å². The van der Waals surface area contributed by atoms with E-state index in [4.69, 9.17) is 5.73 Å². The Morgan fingerprint density at radius 3 is 2.33 bits per heavy atom. The molecule has 0 saturated heterocycles. The zero-order valence-electron chi connectivity index (χ0n) is 10.6. The van der Waals surface area contributed by atoms with Crippen LogP contribution in [0.5, 0.6) is 0 Å². The minimum atomic E-state index is -0.254.